The number of hydrogen-bond acceptors (Lipinski definition) is 5. The molecule has 1 aliphatic rings. The van der Waals surface area contributed by atoms with Crippen LogP contribution < -0.4 is 15.4 Å². The molecular formula is C16H16ClFN4O2. The predicted molar refractivity (Wildman–Crippen MR) is 90.7 cm³/mol. The topological polar surface area (TPSA) is 69.3 Å². The van der Waals surface area contributed by atoms with Crippen LogP contribution in [0.15, 0.2) is 29.2 Å². The van der Waals surface area contributed by atoms with Gasteiger partial charge in [-0.25, -0.2) is 9.49 Å². The number of nitrogens with one attached hydrogen (secondary N) is 1. The van der Waals surface area contributed by atoms with E-state index in [2.05, 4.69) is 10.2 Å². The average molecular weight is 351 g/mol. The number of nitrogens with zero attached hydrogens (tertiary/aromatic N) is 3. The zero-order valence-corrected chi connectivity index (χ0v) is 13.8. The second-order valence-corrected chi connectivity index (χ2v) is 5.97. The summed E-state index contributed by atoms with van der Waals surface area (Å²) in [6.45, 7) is 3.71. The van der Waals surface area contributed by atoms with Gasteiger partial charge in [0.1, 0.15) is 10.8 Å². The Morgan fingerprint density at radius 2 is 1.83 bits per heavy atom. The summed E-state index contributed by atoms with van der Waals surface area (Å²) in [5, 5.41) is 6.16. The van der Waals surface area contributed by atoms with Gasteiger partial charge in [-0.15, -0.1) is 0 Å². The third-order valence-electron chi connectivity index (χ3n) is 4.09. The van der Waals surface area contributed by atoms with Crippen molar-refractivity contribution in [1.29, 1.82) is 0 Å². The molecule has 24 heavy (non-hydrogen) atoms. The van der Waals surface area contributed by atoms with E-state index in [9.17, 15) is 14.0 Å². The molecule has 2 aromatic rings. The predicted octanol–water partition coefficient (Wildman–Crippen LogP) is 2.09. The first-order valence-electron chi connectivity index (χ1n) is 7.51. The Kier molecular flexibility index (Phi) is 4.53. The number of aromatic nitrogens is 2. The van der Waals surface area contributed by atoms with Crippen LogP contribution in [-0.4, -0.2) is 42.2 Å². The van der Waals surface area contributed by atoms with Crippen molar-refractivity contribution >= 4 is 28.8 Å². The van der Waals surface area contributed by atoms with Crippen molar-refractivity contribution in [3.05, 3.63) is 51.2 Å². The monoisotopic (exact) mass is 350 g/mol. The van der Waals surface area contributed by atoms with Gasteiger partial charge in [0.25, 0.3) is 5.56 Å². The fourth-order valence-electron chi connectivity index (χ4n) is 2.77. The molecule has 1 N–H and O–H groups in total. The van der Waals surface area contributed by atoms with E-state index in [1.54, 1.807) is 12.1 Å². The lowest BCUT2D eigenvalue weighted by atomic mass is 10.1. The molecule has 3 rings (SSSR count). The Morgan fingerprint density at radius 1 is 1.21 bits per heavy atom. The third-order valence-corrected chi connectivity index (χ3v) is 4.46. The lowest BCUT2D eigenvalue weighted by molar-refractivity contribution is 0.101. The Hall–Kier alpha value is -2.41. The lowest BCUT2D eigenvalue weighted by Crippen LogP contribution is -2.47. The van der Waals surface area contributed by atoms with Gasteiger partial charge in [-0.1, -0.05) is 11.6 Å². The van der Waals surface area contributed by atoms with Gasteiger partial charge in [-0.05, 0) is 25.1 Å². The summed E-state index contributed by atoms with van der Waals surface area (Å²) in [4.78, 5) is 26.7. The van der Waals surface area contributed by atoms with Crippen LogP contribution in [0.3, 0.4) is 0 Å². The highest BCUT2D eigenvalue weighted by molar-refractivity contribution is 6.33. The number of carbonyl (C=O) groups is 1. The van der Waals surface area contributed by atoms with Crippen LogP contribution in [-0.2, 0) is 0 Å². The number of H-pyrrole nitrogens is 1. The summed E-state index contributed by atoms with van der Waals surface area (Å²) in [6, 6.07) is 4.52. The first-order valence-corrected chi connectivity index (χ1v) is 7.88. The van der Waals surface area contributed by atoms with Gasteiger partial charge in [-0.2, -0.15) is 5.10 Å². The van der Waals surface area contributed by atoms with Crippen LogP contribution in [0, 0.1) is 5.82 Å². The molecule has 6 nitrogen and oxygen atoms in total. The third kappa shape index (κ3) is 3.12. The molecule has 1 saturated heterocycles. The maximum Gasteiger partial charge on any atom is 0.285 e. The first-order chi connectivity index (χ1) is 11.5. The highest BCUT2D eigenvalue weighted by atomic mass is 35.5. The van der Waals surface area contributed by atoms with Crippen LogP contribution in [0.2, 0.25) is 5.02 Å². The molecule has 0 bridgehead atoms. The van der Waals surface area contributed by atoms with Gasteiger partial charge < -0.3 is 9.80 Å². The second-order valence-electron chi connectivity index (χ2n) is 5.59. The van der Waals surface area contributed by atoms with E-state index < -0.39 is 11.4 Å². The molecule has 0 aliphatic carbocycles. The minimum absolute atomic E-state index is 0.107. The van der Waals surface area contributed by atoms with Crippen LogP contribution >= 0.6 is 11.6 Å². The fraction of sp³-hybridized carbons (Fsp3) is 0.312. The molecule has 0 saturated carbocycles. The van der Waals surface area contributed by atoms with Gasteiger partial charge in [0.15, 0.2) is 5.78 Å². The van der Waals surface area contributed by atoms with E-state index in [0.29, 0.717) is 43.1 Å². The van der Waals surface area contributed by atoms with Crippen molar-refractivity contribution in [1.82, 2.24) is 10.2 Å². The van der Waals surface area contributed by atoms with Crippen molar-refractivity contribution < 1.29 is 9.18 Å². The largest absolute Gasteiger partial charge is 0.366 e. The van der Waals surface area contributed by atoms with Crippen LogP contribution in [0.5, 0.6) is 0 Å². The summed E-state index contributed by atoms with van der Waals surface area (Å²) in [5.74, 6) is -0.575. The molecule has 0 spiro atoms. The number of carbonyl (C=O) groups excluding carboxylic acids is 1. The minimum Gasteiger partial charge on any atom is -0.366 e. The maximum atomic E-state index is 14.2. The SMILES string of the molecule is CC(=O)c1ccc(N2CCN(c3cn[nH]c(=O)c3Cl)CC2)c(F)c1. The lowest BCUT2D eigenvalue weighted by Gasteiger charge is -2.37. The number of rotatable bonds is 3. The highest BCUT2D eigenvalue weighted by Crippen LogP contribution is 2.26. The number of Topliss-reactive ketones (excluding diaryl/α,β-unsaturated/α-hetero) is 1. The number of aromatic amines is 1. The molecule has 0 atom stereocenters. The minimum atomic E-state index is -0.428. The molecule has 1 fully saturated rings. The Balaban J connectivity index is 1.74. The van der Waals surface area contributed by atoms with Crippen molar-refractivity contribution in [2.24, 2.45) is 0 Å². The van der Waals surface area contributed by atoms with E-state index in [-0.39, 0.29) is 10.8 Å². The van der Waals surface area contributed by atoms with E-state index in [1.165, 1.54) is 19.2 Å². The quantitative estimate of drug-likeness (QED) is 0.858. The summed E-state index contributed by atoms with van der Waals surface area (Å²) < 4.78 is 14.2. The van der Waals surface area contributed by atoms with Crippen molar-refractivity contribution in [3.8, 4) is 0 Å². The van der Waals surface area contributed by atoms with Gasteiger partial charge in [0, 0.05) is 31.7 Å². The molecule has 1 aromatic carbocycles. The Morgan fingerprint density at radius 3 is 2.42 bits per heavy atom. The highest BCUT2D eigenvalue weighted by Gasteiger charge is 2.22. The molecule has 2 heterocycles. The normalized spacial score (nSPS) is 14.8. The smallest absolute Gasteiger partial charge is 0.285 e. The molecule has 1 aliphatic heterocycles. The van der Waals surface area contributed by atoms with Gasteiger partial charge in [-0.3, -0.25) is 9.59 Å². The van der Waals surface area contributed by atoms with E-state index in [1.807, 2.05) is 9.80 Å². The van der Waals surface area contributed by atoms with Crippen LogP contribution in [0.25, 0.3) is 0 Å². The van der Waals surface area contributed by atoms with Crippen molar-refractivity contribution in [2.45, 2.75) is 6.92 Å². The summed E-state index contributed by atoms with van der Waals surface area (Å²) in [6.07, 6.45) is 1.52. The van der Waals surface area contributed by atoms with Gasteiger partial charge >= 0.3 is 0 Å². The van der Waals surface area contributed by atoms with Crippen molar-refractivity contribution in [3.63, 3.8) is 0 Å². The van der Waals surface area contributed by atoms with Crippen molar-refractivity contribution in [2.75, 3.05) is 36.0 Å². The molecule has 0 radical (unpaired) electrons. The molecule has 1 aromatic heterocycles. The van der Waals surface area contributed by atoms with Gasteiger partial charge in [0.2, 0.25) is 0 Å². The molecule has 0 amide bonds. The van der Waals surface area contributed by atoms with Crippen LogP contribution in [0.4, 0.5) is 15.8 Å². The molecule has 126 valence electrons. The average Bonchev–Trinajstić information content (AvgIpc) is 2.57. The van der Waals surface area contributed by atoms with Gasteiger partial charge in [0.05, 0.1) is 17.6 Å². The Bertz CT molecular complexity index is 831. The standard InChI is InChI=1S/C16H16ClFN4O2/c1-10(23)11-2-3-13(12(18)8-11)21-4-6-22(7-5-21)14-9-19-20-16(24)15(14)17/h2-3,8-9H,4-7H2,1H3,(H,20,24). The van der Waals surface area contributed by atoms with E-state index in [0.717, 1.165) is 0 Å². The number of benzene rings is 1. The first kappa shape index (κ1) is 16.4. The van der Waals surface area contributed by atoms with E-state index in [4.69, 9.17) is 11.6 Å². The summed E-state index contributed by atoms with van der Waals surface area (Å²) in [5.41, 5.74) is 0.973. The zero-order chi connectivity index (χ0) is 17.3. The number of piperazine rings is 1. The summed E-state index contributed by atoms with van der Waals surface area (Å²) in [7, 11) is 0. The molecular weight excluding hydrogens is 335 g/mol. The second kappa shape index (κ2) is 6.60. The van der Waals surface area contributed by atoms with E-state index >= 15 is 0 Å². The maximum absolute atomic E-state index is 14.2. The summed E-state index contributed by atoms with van der Waals surface area (Å²) >= 11 is 6.02. The zero-order valence-electron chi connectivity index (χ0n) is 13.1. The molecule has 0 unspecified atom stereocenters. The fourth-order valence-corrected chi connectivity index (χ4v) is 2.98. The number of halogens is 2. The number of hydrogen-bond donors (Lipinski definition) is 1. The Labute approximate surface area is 142 Å². The molecule has 8 heteroatoms. The number of ketones is 1. The number of anilines is 2. The van der Waals surface area contributed by atoms with Crippen LogP contribution in [0.1, 0.15) is 17.3 Å².